The van der Waals surface area contributed by atoms with Gasteiger partial charge in [-0.15, -0.1) is 0 Å². The lowest BCUT2D eigenvalue weighted by molar-refractivity contribution is -0.144. The smallest absolute Gasteiger partial charge is 0.320 e. The summed E-state index contributed by atoms with van der Waals surface area (Å²) in [5, 5.41) is 8.89. The lowest BCUT2D eigenvalue weighted by atomic mass is 10.0. The molecule has 2 atom stereocenters. The molecule has 2 aliphatic rings. The number of ketones is 1. The van der Waals surface area contributed by atoms with Crippen LogP contribution in [0.1, 0.15) is 25.7 Å². The zero-order valence-electron chi connectivity index (χ0n) is 7.40. The third kappa shape index (κ3) is 1.46. The number of nitrogens with zero attached hydrogens (tertiary/aromatic N) is 1. The van der Waals surface area contributed by atoms with E-state index in [2.05, 4.69) is 0 Å². The number of hydrogen-bond acceptors (Lipinski definition) is 3. The second kappa shape index (κ2) is 3.10. The van der Waals surface area contributed by atoms with E-state index in [1.165, 1.54) is 0 Å². The van der Waals surface area contributed by atoms with Crippen LogP contribution < -0.4 is 0 Å². The van der Waals surface area contributed by atoms with E-state index in [9.17, 15) is 9.59 Å². The molecule has 0 bridgehead atoms. The number of carboxylic acid groups (broad SMARTS) is 1. The van der Waals surface area contributed by atoms with Crippen molar-refractivity contribution in [1.82, 2.24) is 4.90 Å². The number of carbonyl (C=O) groups excluding carboxylic acids is 1. The maximum absolute atomic E-state index is 11.1. The van der Waals surface area contributed by atoms with Crippen molar-refractivity contribution in [3.05, 3.63) is 0 Å². The average Bonchev–Trinajstić information content (AvgIpc) is 2.46. The van der Waals surface area contributed by atoms with Gasteiger partial charge in [-0.2, -0.15) is 0 Å². The molecule has 0 aromatic rings. The standard InChI is InChI=1S/C9H13NO3/c11-7-3-4-10-6(5-7)1-2-8(10)9(12)13/h6,8H,1-5H2,(H,12,13)/t6?,8-/m0/s1. The van der Waals surface area contributed by atoms with E-state index in [4.69, 9.17) is 5.11 Å². The van der Waals surface area contributed by atoms with E-state index < -0.39 is 5.97 Å². The van der Waals surface area contributed by atoms with Gasteiger partial charge < -0.3 is 5.11 Å². The number of rotatable bonds is 1. The van der Waals surface area contributed by atoms with E-state index in [-0.39, 0.29) is 17.9 Å². The van der Waals surface area contributed by atoms with Gasteiger partial charge in [0.2, 0.25) is 0 Å². The minimum Gasteiger partial charge on any atom is -0.480 e. The summed E-state index contributed by atoms with van der Waals surface area (Å²) in [6.45, 7) is 0.639. The largest absolute Gasteiger partial charge is 0.480 e. The minimum atomic E-state index is -0.739. The zero-order valence-corrected chi connectivity index (χ0v) is 7.40. The molecule has 0 saturated carbocycles. The maximum atomic E-state index is 11.1. The van der Waals surface area contributed by atoms with Crippen molar-refractivity contribution in [2.24, 2.45) is 0 Å². The van der Waals surface area contributed by atoms with E-state index >= 15 is 0 Å². The molecule has 4 nitrogen and oxygen atoms in total. The van der Waals surface area contributed by atoms with Crippen LogP contribution >= 0.6 is 0 Å². The zero-order chi connectivity index (χ0) is 9.42. The molecule has 13 heavy (non-hydrogen) atoms. The molecule has 4 heteroatoms. The maximum Gasteiger partial charge on any atom is 0.320 e. The van der Waals surface area contributed by atoms with Crippen LogP contribution in [0.5, 0.6) is 0 Å². The first-order valence-electron chi connectivity index (χ1n) is 4.69. The van der Waals surface area contributed by atoms with Crippen LogP contribution in [-0.2, 0) is 9.59 Å². The minimum absolute atomic E-state index is 0.211. The summed E-state index contributed by atoms with van der Waals surface area (Å²) in [6.07, 6.45) is 2.65. The predicted octanol–water partition coefficient (Wildman–Crippen LogP) is 0.267. The number of carbonyl (C=O) groups is 2. The van der Waals surface area contributed by atoms with Gasteiger partial charge in [0.15, 0.2) is 0 Å². The van der Waals surface area contributed by atoms with Crippen molar-refractivity contribution in [3.8, 4) is 0 Å². The van der Waals surface area contributed by atoms with Crippen LogP contribution in [0, 0.1) is 0 Å². The Morgan fingerprint density at radius 1 is 1.46 bits per heavy atom. The molecule has 2 aliphatic heterocycles. The number of aliphatic carboxylic acids is 1. The highest BCUT2D eigenvalue weighted by Gasteiger charge is 2.40. The Morgan fingerprint density at radius 3 is 2.92 bits per heavy atom. The van der Waals surface area contributed by atoms with Crippen LogP contribution in [-0.4, -0.2) is 40.4 Å². The molecule has 2 fully saturated rings. The number of carboxylic acids is 1. The summed E-state index contributed by atoms with van der Waals surface area (Å²) in [4.78, 5) is 23.9. The topological polar surface area (TPSA) is 57.6 Å². The highest BCUT2D eigenvalue weighted by Crippen LogP contribution is 2.30. The normalized spacial score (nSPS) is 34.6. The first-order chi connectivity index (χ1) is 6.18. The molecular formula is C9H13NO3. The van der Waals surface area contributed by atoms with Gasteiger partial charge in [0, 0.05) is 25.4 Å². The van der Waals surface area contributed by atoms with Gasteiger partial charge in [0.25, 0.3) is 0 Å². The van der Waals surface area contributed by atoms with Crippen LogP contribution in [0.3, 0.4) is 0 Å². The Labute approximate surface area is 76.5 Å². The summed E-state index contributed by atoms with van der Waals surface area (Å²) in [5.41, 5.74) is 0. The predicted molar refractivity (Wildman–Crippen MR) is 45.4 cm³/mol. The molecule has 2 heterocycles. The van der Waals surface area contributed by atoms with Gasteiger partial charge in [-0.25, -0.2) is 0 Å². The molecule has 0 aromatic heterocycles. The van der Waals surface area contributed by atoms with Crippen LogP contribution in [0.4, 0.5) is 0 Å². The van der Waals surface area contributed by atoms with E-state index in [1.807, 2.05) is 4.90 Å². The van der Waals surface area contributed by atoms with E-state index in [1.54, 1.807) is 0 Å². The highest BCUT2D eigenvalue weighted by molar-refractivity contribution is 5.81. The van der Waals surface area contributed by atoms with E-state index in [0.717, 1.165) is 6.42 Å². The highest BCUT2D eigenvalue weighted by atomic mass is 16.4. The molecule has 72 valence electrons. The van der Waals surface area contributed by atoms with Gasteiger partial charge >= 0.3 is 5.97 Å². The molecule has 0 spiro atoms. The summed E-state index contributed by atoms with van der Waals surface area (Å²) in [5.74, 6) is -0.455. The number of Topliss-reactive ketones (excluding diaryl/α,β-unsaturated/α-hetero) is 1. The molecule has 2 saturated heterocycles. The fourth-order valence-electron chi connectivity index (χ4n) is 2.38. The third-order valence-electron chi connectivity index (χ3n) is 3.04. The van der Waals surface area contributed by atoms with Crippen molar-refractivity contribution >= 4 is 11.8 Å². The van der Waals surface area contributed by atoms with Gasteiger partial charge in [0.05, 0.1) is 0 Å². The van der Waals surface area contributed by atoms with Crippen LogP contribution in [0.2, 0.25) is 0 Å². The molecular weight excluding hydrogens is 170 g/mol. The SMILES string of the molecule is O=C1CCN2C(CC[C@H]2C(=O)O)C1. The molecule has 2 rings (SSSR count). The number of hydrogen-bond donors (Lipinski definition) is 1. The van der Waals surface area contributed by atoms with Crippen molar-refractivity contribution in [2.75, 3.05) is 6.54 Å². The number of fused-ring (bicyclic) bond motifs is 1. The van der Waals surface area contributed by atoms with Crippen molar-refractivity contribution in [1.29, 1.82) is 0 Å². The molecule has 1 unspecified atom stereocenters. The summed E-state index contributed by atoms with van der Waals surface area (Å²) < 4.78 is 0. The first kappa shape index (κ1) is 8.69. The second-order valence-electron chi connectivity index (χ2n) is 3.82. The Bertz CT molecular complexity index is 251. The lowest BCUT2D eigenvalue weighted by Crippen LogP contribution is -2.45. The molecule has 0 amide bonds. The number of piperidine rings is 1. The molecule has 0 radical (unpaired) electrons. The van der Waals surface area contributed by atoms with Crippen molar-refractivity contribution in [3.63, 3.8) is 0 Å². The fourth-order valence-corrected chi connectivity index (χ4v) is 2.38. The van der Waals surface area contributed by atoms with Gasteiger partial charge in [-0.3, -0.25) is 14.5 Å². The van der Waals surface area contributed by atoms with Crippen molar-refractivity contribution < 1.29 is 14.7 Å². The fraction of sp³-hybridized carbons (Fsp3) is 0.778. The van der Waals surface area contributed by atoms with Gasteiger partial charge in [-0.1, -0.05) is 0 Å². The second-order valence-corrected chi connectivity index (χ2v) is 3.82. The Kier molecular flexibility index (Phi) is 2.07. The lowest BCUT2D eigenvalue weighted by Gasteiger charge is -2.31. The van der Waals surface area contributed by atoms with Gasteiger partial charge in [0.1, 0.15) is 11.8 Å². The summed E-state index contributed by atoms with van der Waals surface area (Å²) >= 11 is 0. The Morgan fingerprint density at radius 2 is 2.23 bits per heavy atom. The van der Waals surface area contributed by atoms with Crippen molar-refractivity contribution in [2.45, 2.75) is 37.8 Å². The quantitative estimate of drug-likeness (QED) is 0.633. The monoisotopic (exact) mass is 183 g/mol. The first-order valence-corrected chi connectivity index (χ1v) is 4.69. The van der Waals surface area contributed by atoms with Gasteiger partial charge in [-0.05, 0) is 12.8 Å². The Balaban J connectivity index is 2.08. The van der Waals surface area contributed by atoms with E-state index in [0.29, 0.717) is 25.8 Å². The Hall–Kier alpha value is -0.900. The average molecular weight is 183 g/mol. The third-order valence-corrected chi connectivity index (χ3v) is 3.04. The summed E-state index contributed by atoms with van der Waals surface area (Å²) in [7, 11) is 0. The molecule has 0 aromatic carbocycles. The summed E-state index contributed by atoms with van der Waals surface area (Å²) in [6, 6.07) is -0.125. The molecule has 0 aliphatic carbocycles. The van der Waals surface area contributed by atoms with Crippen LogP contribution in [0.25, 0.3) is 0 Å². The van der Waals surface area contributed by atoms with Crippen LogP contribution in [0.15, 0.2) is 0 Å². The molecule has 1 N–H and O–H groups in total.